The molecule has 1 amide bonds. The number of aromatic nitrogens is 1. The second kappa shape index (κ2) is 7.81. The van der Waals surface area contributed by atoms with Crippen molar-refractivity contribution in [2.24, 2.45) is 4.99 Å². The van der Waals surface area contributed by atoms with Crippen LogP contribution in [0.25, 0.3) is 0 Å². The predicted molar refractivity (Wildman–Crippen MR) is 88.0 cm³/mol. The van der Waals surface area contributed by atoms with Crippen LogP contribution in [0.5, 0.6) is 0 Å². The molecule has 1 aromatic carbocycles. The van der Waals surface area contributed by atoms with Crippen molar-refractivity contribution >= 4 is 34.3 Å². The smallest absolute Gasteiger partial charge is 0.256 e. The van der Waals surface area contributed by atoms with Crippen LogP contribution in [0.1, 0.15) is 10.4 Å². The number of nitrogens with one attached hydrogen (secondary N) is 2. The lowest BCUT2D eigenvalue weighted by Crippen LogP contribution is -2.13. The van der Waals surface area contributed by atoms with Gasteiger partial charge in [-0.15, -0.1) is 0 Å². The van der Waals surface area contributed by atoms with Crippen LogP contribution in [-0.4, -0.2) is 22.3 Å². The van der Waals surface area contributed by atoms with Gasteiger partial charge in [0.1, 0.15) is 5.82 Å². The van der Waals surface area contributed by atoms with E-state index in [1.165, 1.54) is 11.8 Å². The predicted octanol–water partition coefficient (Wildman–Crippen LogP) is 2.76. The number of hydrogen-bond donors (Lipinski definition) is 2. The minimum Gasteiger partial charge on any atom is -0.307 e. The number of nitriles is 1. The van der Waals surface area contributed by atoms with Crippen LogP contribution in [-0.2, 0) is 0 Å². The molecule has 0 aliphatic carbocycles. The average molecular weight is 311 g/mol. The number of anilines is 1. The van der Waals surface area contributed by atoms with Crippen molar-refractivity contribution in [2.75, 3.05) is 11.6 Å². The maximum absolute atomic E-state index is 12.1. The lowest BCUT2D eigenvalue weighted by molar-refractivity contribution is 0.102. The lowest BCUT2D eigenvalue weighted by Gasteiger charge is -2.04. The van der Waals surface area contributed by atoms with Crippen molar-refractivity contribution < 1.29 is 4.79 Å². The molecule has 2 N–H and O–H groups in total. The molecule has 0 bridgehead atoms. The quantitative estimate of drug-likeness (QED) is 0.394. The first-order valence-corrected chi connectivity index (χ1v) is 7.55. The maximum Gasteiger partial charge on any atom is 0.256 e. The number of aliphatic imine (C=N–C) groups is 1. The van der Waals surface area contributed by atoms with E-state index in [4.69, 9.17) is 5.26 Å². The molecule has 0 aliphatic rings. The molecule has 0 radical (unpaired) electrons. The lowest BCUT2D eigenvalue weighted by atomic mass is 10.2. The van der Waals surface area contributed by atoms with Gasteiger partial charge in [-0.3, -0.25) is 10.1 Å². The standard InChI is InChI=1S/C15H13N5OS/c1-22-15(18-10-16)19-12-7-5-11(6-8-12)14(21)20-13-4-2-3-9-17-13/h2-9H,1H3,(H,18,19)(H,17,20,21). The molecule has 22 heavy (non-hydrogen) atoms. The van der Waals surface area contributed by atoms with Crippen molar-refractivity contribution in [3.8, 4) is 6.19 Å². The summed E-state index contributed by atoms with van der Waals surface area (Å²) >= 11 is 1.33. The van der Waals surface area contributed by atoms with Crippen molar-refractivity contribution in [3.63, 3.8) is 0 Å². The molecule has 2 rings (SSSR count). The van der Waals surface area contributed by atoms with E-state index in [1.54, 1.807) is 48.7 Å². The van der Waals surface area contributed by atoms with Gasteiger partial charge in [-0.1, -0.05) is 17.8 Å². The number of thioether (sulfide) groups is 1. The third kappa shape index (κ3) is 4.33. The molecule has 110 valence electrons. The monoisotopic (exact) mass is 311 g/mol. The van der Waals surface area contributed by atoms with Gasteiger partial charge in [-0.25, -0.2) is 9.98 Å². The van der Waals surface area contributed by atoms with Crippen molar-refractivity contribution in [1.82, 2.24) is 10.3 Å². The number of nitrogens with zero attached hydrogens (tertiary/aromatic N) is 3. The highest BCUT2D eigenvalue weighted by molar-refractivity contribution is 8.13. The molecule has 0 fully saturated rings. The minimum atomic E-state index is -0.241. The summed E-state index contributed by atoms with van der Waals surface area (Å²) in [6, 6.07) is 12.1. The molecular weight excluding hydrogens is 298 g/mol. The van der Waals surface area contributed by atoms with Crippen LogP contribution in [0.3, 0.4) is 0 Å². The molecule has 2 aromatic rings. The van der Waals surface area contributed by atoms with Crippen LogP contribution in [0.2, 0.25) is 0 Å². The number of pyridine rings is 1. The summed E-state index contributed by atoms with van der Waals surface area (Å²) in [6.45, 7) is 0. The Hall–Kier alpha value is -2.85. The highest BCUT2D eigenvalue weighted by atomic mass is 32.2. The molecule has 0 unspecified atom stereocenters. The molecule has 0 atom stereocenters. The largest absolute Gasteiger partial charge is 0.307 e. The fraction of sp³-hybridized carbons (Fsp3) is 0.0667. The number of carbonyl (C=O) groups is 1. The van der Waals surface area contributed by atoms with Gasteiger partial charge >= 0.3 is 0 Å². The Morgan fingerprint density at radius 3 is 2.64 bits per heavy atom. The van der Waals surface area contributed by atoms with Gasteiger partial charge in [0, 0.05) is 11.8 Å². The van der Waals surface area contributed by atoms with E-state index in [9.17, 15) is 4.79 Å². The van der Waals surface area contributed by atoms with Gasteiger partial charge in [0.2, 0.25) is 0 Å². The fourth-order valence-corrected chi connectivity index (χ4v) is 1.95. The van der Waals surface area contributed by atoms with Gasteiger partial charge < -0.3 is 5.32 Å². The van der Waals surface area contributed by atoms with E-state index < -0.39 is 0 Å². The fourth-order valence-electron chi connectivity index (χ4n) is 1.60. The normalized spacial score (nSPS) is 10.6. The first-order valence-electron chi connectivity index (χ1n) is 6.33. The van der Waals surface area contributed by atoms with Crippen molar-refractivity contribution in [3.05, 3.63) is 54.2 Å². The Morgan fingerprint density at radius 2 is 2.05 bits per heavy atom. The van der Waals surface area contributed by atoms with Crippen LogP contribution in [0.4, 0.5) is 11.5 Å². The van der Waals surface area contributed by atoms with Crippen molar-refractivity contribution in [2.45, 2.75) is 0 Å². The molecule has 0 aliphatic heterocycles. The summed E-state index contributed by atoms with van der Waals surface area (Å²) in [5.41, 5.74) is 1.16. The SMILES string of the molecule is CSC(=Nc1ccc(C(=O)Nc2ccccn2)cc1)NC#N. The van der Waals surface area contributed by atoms with E-state index in [1.807, 2.05) is 12.4 Å². The van der Waals surface area contributed by atoms with Crippen LogP contribution >= 0.6 is 11.8 Å². The topological polar surface area (TPSA) is 90.2 Å². The number of carbonyl (C=O) groups excluding carboxylic acids is 1. The Morgan fingerprint density at radius 1 is 1.27 bits per heavy atom. The highest BCUT2D eigenvalue weighted by Crippen LogP contribution is 2.16. The number of amidine groups is 1. The second-order valence-electron chi connectivity index (χ2n) is 4.07. The first kappa shape index (κ1) is 15.5. The number of rotatable bonds is 3. The van der Waals surface area contributed by atoms with E-state index in [0.29, 0.717) is 22.2 Å². The Kier molecular flexibility index (Phi) is 5.51. The summed E-state index contributed by atoms with van der Waals surface area (Å²) in [7, 11) is 0. The zero-order chi connectivity index (χ0) is 15.8. The molecule has 1 heterocycles. The number of amides is 1. The van der Waals surface area contributed by atoms with E-state index >= 15 is 0 Å². The summed E-state index contributed by atoms with van der Waals surface area (Å²) in [4.78, 5) is 20.4. The summed E-state index contributed by atoms with van der Waals surface area (Å²) in [5, 5.41) is 14.3. The van der Waals surface area contributed by atoms with E-state index in [2.05, 4.69) is 20.6 Å². The zero-order valence-electron chi connectivity index (χ0n) is 11.8. The molecule has 0 saturated heterocycles. The number of hydrogen-bond acceptors (Lipinski definition) is 5. The maximum atomic E-state index is 12.1. The van der Waals surface area contributed by atoms with Crippen LogP contribution in [0, 0.1) is 11.5 Å². The number of benzene rings is 1. The first-order chi connectivity index (χ1) is 10.7. The van der Waals surface area contributed by atoms with Crippen LogP contribution in [0.15, 0.2) is 53.7 Å². The molecule has 1 aromatic heterocycles. The molecular formula is C15H13N5OS. The van der Waals surface area contributed by atoms with Crippen molar-refractivity contribution in [1.29, 1.82) is 5.26 Å². The van der Waals surface area contributed by atoms with Crippen LogP contribution < -0.4 is 10.6 Å². The third-order valence-corrected chi connectivity index (χ3v) is 3.20. The molecule has 7 heteroatoms. The van der Waals surface area contributed by atoms with Gasteiger partial charge in [-0.05, 0) is 42.7 Å². The van der Waals surface area contributed by atoms with Gasteiger partial charge in [0.15, 0.2) is 11.4 Å². The Labute approximate surface area is 132 Å². The summed E-state index contributed by atoms with van der Waals surface area (Å²) in [5.74, 6) is 0.256. The summed E-state index contributed by atoms with van der Waals surface area (Å²) in [6.07, 6.45) is 5.25. The molecule has 0 spiro atoms. The Bertz CT molecular complexity index is 707. The molecule has 6 nitrogen and oxygen atoms in total. The van der Waals surface area contributed by atoms with E-state index in [0.717, 1.165) is 0 Å². The van der Waals surface area contributed by atoms with E-state index in [-0.39, 0.29) is 5.91 Å². The summed E-state index contributed by atoms with van der Waals surface area (Å²) < 4.78 is 0. The van der Waals surface area contributed by atoms with Gasteiger partial charge in [0.05, 0.1) is 5.69 Å². The van der Waals surface area contributed by atoms with Gasteiger partial charge in [0.25, 0.3) is 5.91 Å². The zero-order valence-corrected chi connectivity index (χ0v) is 12.6. The second-order valence-corrected chi connectivity index (χ2v) is 4.87. The minimum absolute atomic E-state index is 0.241. The average Bonchev–Trinajstić information content (AvgIpc) is 2.56. The Balaban J connectivity index is 2.08. The third-order valence-electron chi connectivity index (χ3n) is 2.62. The highest BCUT2D eigenvalue weighted by Gasteiger charge is 2.06. The van der Waals surface area contributed by atoms with Gasteiger partial charge in [-0.2, -0.15) is 5.26 Å². The molecule has 0 saturated carbocycles.